The van der Waals surface area contributed by atoms with Crippen LogP contribution in [0.25, 0.3) is 0 Å². The zero-order valence-electron chi connectivity index (χ0n) is 15.6. The Balaban J connectivity index is 1.45. The maximum Gasteiger partial charge on any atom is 0.258 e. The Morgan fingerprint density at radius 2 is 1.86 bits per heavy atom. The van der Waals surface area contributed by atoms with Crippen LogP contribution in [-0.4, -0.2) is 42.5 Å². The minimum atomic E-state index is -0.213. The second-order valence-corrected chi connectivity index (χ2v) is 7.66. The topological polar surface area (TPSA) is 58.6 Å². The van der Waals surface area contributed by atoms with E-state index in [1.807, 2.05) is 36.1 Å². The van der Waals surface area contributed by atoms with E-state index in [0.717, 1.165) is 11.1 Å². The van der Waals surface area contributed by atoms with Crippen LogP contribution >= 0.6 is 23.2 Å². The normalized spacial score (nSPS) is 14.6. The molecule has 0 aromatic heterocycles. The van der Waals surface area contributed by atoms with Gasteiger partial charge in [-0.15, -0.1) is 0 Å². The zero-order valence-corrected chi connectivity index (χ0v) is 17.1. The number of carbonyl (C=O) groups is 2. The Labute approximate surface area is 174 Å². The van der Waals surface area contributed by atoms with Crippen molar-refractivity contribution in [3.63, 3.8) is 0 Å². The number of likely N-dealkylation sites (tertiary alicyclic amines) is 1. The number of hydrogen-bond acceptors (Lipinski definition) is 3. The second-order valence-electron chi connectivity index (χ2n) is 6.81. The van der Waals surface area contributed by atoms with E-state index in [9.17, 15) is 9.59 Å². The fourth-order valence-electron chi connectivity index (χ4n) is 3.22. The summed E-state index contributed by atoms with van der Waals surface area (Å²) in [5, 5.41) is 3.83. The second kappa shape index (κ2) is 9.30. The molecule has 148 valence electrons. The molecule has 0 bridgehead atoms. The highest BCUT2D eigenvalue weighted by Gasteiger charge is 2.25. The molecule has 1 fully saturated rings. The molecule has 0 unspecified atom stereocenters. The van der Waals surface area contributed by atoms with Crippen LogP contribution in [0, 0.1) is 6.92 Å². The fraction of sp³-hybridized carbons (Fsp3) is 0.333. The lowest BCUT2D eigenvalue weighted by Crippen LogP contribution is -2.47. The van der Waals surface area contributed by atoms with Crippen LogP contribution in [0.5, 0.6) is 5.75 Å². The van der Waals surface area contributed by atoms with Crippen molar-refractivity contribution < 1.29 is 14.3 Å². The molecule has 2 aromatic carbocycles. The number of nitrogens with one attached hydrogen (secondary N) is 1. The number of amides is 2. The number of carbonyl (C=O) groups excluding carboxylic acids is 2. The molecule has 2 aromatic rings. The van der Waals surface area contributed by atoms with Gasteiger partial charge in [-0.25, -0.2) is 0 Å². The Kier molecular flexibility index (Phi) is 6.81. The molecule has 3 rings (SSSR count). The molecule has 1 aliphatic rings. The van der Waals surface area contributed by atoms with Gasteiger partial charge in [0.1, 0.15) is 5.75 Å². The molecule has 7 heteroatoms. The zero-order chi connectivity index (χ0) is 20.1. The largest absolute Gasteiger partial charge is 0.482 e. The van der Waals surface area contributed by atoms with Crippen molar-refractivity contribution in [1.82, 2.24) is 10.2 Å². The summed E-state index contributed by atoms with van der Waals surface area (Å²) in [5.74, 6) is 0.248. The van der Waals surface area contributed by atoms with Gasteiger partial charge in [0.05, 0.1) is 5.02 Å². The van der Waals surface area contributed by atoms with Crippen molar-refractivity contribution in [1.29, 1.82) is 0 Å². The van der Waals surface area contributed by atoms with E-state index in [4.69, 9.17) is 27.9 Å². The number of ether oxygens (including phenoxy) is 1. The van der Waals surface area contributed by atoms with E-state index in [1.165, 1.54) is 0 Å². The van der Waals surface area contributed by atoms with E-state index < -0.39 is 0 Å². The number of piperidine rings is 1. The number of benzene rings is 2. The third-order valence-corrected chi connectivity index (χ3v) is 5.31. The summed E-state index contributed by atoms with van der Waals surface area (Å²) >= 11 is 11.9. The predicted molar refractivity (Wildman–Crippen MR) is 110 cm³/mol. The van der Waals surface area contributed by atoms with Crippen molar-refractivity contribution in [2.75, 3.05) is 19.7 Å². The number of rotatable bonds is 5. The molecule has 0 atom stereocenters. The van der Waals surface area contributed by atoms with E-state index in [-0.39, 0.29) is 24.5 Å². The van der Waals surface area contributed by atoms with Gasteiger partial charge >= 0.3 is 0 Å². The lowest BCUT2D eigenvalue weighted by atomic mass is 10.0. The van der Waals surface area contributed by atoms with Crippen LogP contribution in [0.4, 0.5) is 0 Å². The van der Waals surface area contributed by atoms with Crippen LogP contribution in [0.3, 0.4) is 0 Å². The first-order chi connectivity index (χ1) is 13.4. The Bertz CT molecular complexity index is 864. The first-order valence-corrected chi connectivity index (χ1v) is 9.92. The van der Waals surface area contributed by atoms with Gasteiger partial charge in [0.25, 0.3) is 11.8 Å². The number of halogens is 2. The highest BCUT2D eigenvalue weighted by molar-refractivity contribution is 6.35. The van der Waals surface area contributed by atoms with Crippen LogP contribution in [-0.2, 0) is 4.79 Å². The molecular formula is C21H22Cl2N2O3. The molecule has 0 aliphatic carbocycles. The lowest BCUT2D eigenvalue weighted by Gasteiger charge is -2.32. The smallest absolute Gasteiger partial charge is 0.258 e. The summed E-state index contributed by atoms with van der Waals surface area (Å²) in [4.78, 5) is 26.7. The monoisotopic (exact) mass is 420 g/mol. The SMILES string of the molecule is Cc1ccccc1C(=O)N1CCC(NC(=O)COc2ccc(Cl)cc2Cl)CC1. The summed E-state index contributed by atoms with van der Waals surface area (Å²) in [6.45, 7) is 3.04. The summed E-state index contributed by atoms with van der Waals surface area (Å²) in [7, 11) is 0. The summed E-state index contributed by atoms with van der Waals surface area (Å²) < 4.78 is 5.46. The van der Waals surface area contributed by atoms with E-state index >= 15 is 0 Å². The highest BCUT2D eigenvalue weighted by atomic mass is 35.5. The maximum absolute atomic E-state index is 12.7. The van der Waals surface area contributed by atoms with Crippen LogP contribution in [0.1, 0.15) is 28.8 Å². The molecular weight excluding hydrogens is 399 g/mol. The standard InChI is InChI=1S/C21H22Cl2N2O3/c1-14-4-2-3-5-17(14)21(27)25-10-8-16(9-11-25)24-20(26)13-28-19-7-6-15(22)12-18(19)23/h2-7,12,16H,8-11,13H2,1H3,(H,24,26). The number of nitrogens with zero attached hydrogens (tertiary/aromatic N) is 1. The van der Waals surface area contributed by atoms with E-state index in [1.54, 1.807) is 18.2 Å². The van der Waals surface area contributed by atoms with Gasteiger partial charge < -0.3 is 15.0 Å². The van der Waals surface area contributed by atoms with Gasteiger partial charge in [-0.05, 0) is 49.6 Å². The first-order valence-electron chi connectivity index (χ1n) is 9.16. The summed E-state index contributed by atoms with van der Waals surface area (Å²) in [6, 6.07) is 12.5. The number of aryl methyl sites for hydroxylation is 1. The quantitative estimate of drug-likeness (QED) is 0.791. The van der Waals surface area contributed by atoms with Gasteiger partial charge in [-0.3, -0.25) is 9.59 Å². The number of hydrogen-bond donors (Lipinski definition) is 1. The molecule has 1 aliphatic heterocycles. The van der Waals surface area contributed by atoms with Gasteiger partial charge in [-0.1, -0.05) is 41.4 Å². The highest BCUT2D eigenvalue weighted by Crippen LogP contribution is 2.27. The molecule has 28 heavy (non-hydrogen) atoms. The van der Waals surface area contributed by atoms with Gasteiger partial charge in [0, 0.05) is 29.7 Å². The van der Waals surface area contributed by atoms with E-state index in [2.05, 4.69) is 5.32 Å². The average Bonchev–Trinajstić information content (AvgIpc) is 2.68. The first kappa shape index (κ1) is 20.5. The Morgan fingerprint density at radius 3 is 2.54 bits per heavy atom. The maximum atomic E-state index is 12.7. The Hall–Kier alpha value is -2.24. The summed E-state index contributed by atoms with van der Waals surface area (Å²) in [5.41, 5.74) is 1.71. The Morgan fingerprint density at radius 1 is 1.14 bits per heavy atom. The van der Waals surface area contributed by atoms with Crippen LogP contribution in [0.2, 0.25) is 10.0 Å². The van der Waals surface area contributed by atoms with Gasteiger partial charge in [0.2, 0.25) is 0 Å². The third kappa shape index (κ3) is 5.18. The molecule has 1 heterocycles. The minimum absolute atomic E-state index is 0.0257. The van der Waals surface area contributed by atoms with Crippen LogP contribution < -0.4 is 10.1 Å². The van der Waals surface area contributed by atoms with Crippen molar-refractivity contribution in [2.45, 2.75) is 25.8 Å². The van der Waals surface area contributed by atoms with Crippen molar-refractivity contribution in [3.05, 3.63) is 63.6 Å². The minimum Gasteiger partial charge on any atom is -0.482 e. The molecule has 1 saturated heterocycles. The van der Waals surface area contributed by atoms with Gasteiger partial charge in [-0.2, -0.15) is 0 Å². The van der Waals surface area contributed by atoms with Crippen molar-refractivity contribution in [3.8, 4) is 5.75 Å². The summed E-state index contributed by atoms with van der Waals surface area (Å²) in [6.07, 6.45) is 1.43. The lowest BCUT2D eigenvalue weighted by molar-refractivity contribution is -0.124. The fourth-order valence-corrected chi connectivity index (χ4v) is 3.68. The molecule has 0 spiro atoms. The van der Waals surface area contributed by atoms with E-state index in [0.29, 0.717) is 41.7 Å². The predicted octanol–water partition coefficient (Wildman–Crippen LogP) is 4.10. The molecule has 5 nitrogen and oxygen atoms in total. The average molecular weight is 421 g/mol. The molecule has 0 radical (unpaired) electrons. The molecule has 0 saturated carbocycles. The van der Waals surface area contributed by atoms with Crippen molar-refractivity contribution in [2.24, 2.45) is 0 Å². The van der Waals surface area contributed by atoms with Crippen molar-refractivity contribution >= 4 is 35.0 Å². The molecule has 2 amide bonds. The third-order valence-electron chi connectivity index (χ3n) is 4.78. The van der Waals surface area contributed by atoms with Crippen LogP contribution in [0.15, 0.2) is 42.5 Å². The molecule has 1 N–H and O–H groups in total. The van der Waals surface area contributed by atoms with Gasteiger partial charge in [0.15, 0.2) is 6.61 Å².